The Morgan fingerprint density at radius 1 is 0.419 bits per heavy atom. The summed E-state index contributed by atoms with van der Waals surface area (Å²) in [4.78, 5) is 14.4. The third-order valence-electron chi connectivity index (χ3n) is 6.72. The number of rotatable bonds is 25. The molecule has 0 saturated heterocycles. The van der Waals surface area contributed by atoms with Crippen LogP contribution in [0.2, 0.25) is 0 Å². The Hall–Kier alpha value is -0.530. The first kappa shape index (κ1) is 30.5. The fraction of sp³-hybridized carbons (Fsp3) is 0.966. The zero-order valence-corrected chi connectivity index (χ0v) is 22.0. The van der Waals surface area contributed by atoms with Crippen molar-refractivity contribution in [1.29, 1.82) is 0 Å². The van der Waals surface area contributed by atoms with Gasteiger partial charge in [0.15, 0.2) is 0 Å². The zero-order chi connectivity index (χ0) is 22.8. The van der Waals surface area contributed by atoms with E-state index in [1.807, 2.05) is 6.92 Å². The van der Waals surface area contributed by atoms with Gasteiger partial charge in [0.1, 0.15) is 0 Å². The van der Waals surface area contributed by atoms with E-state index in [1.165, 1.54) is 141 Å². The van der Waals surface area contributed by atoms with Gasteiger partial charge < -0.3 is 4.90 Å². The molecule has 0 aromatic heterocycles. The summed E-state index contributed by atoms with van der Waals surface area (Å²) in [5, 5.41) is 0. The molecule has 31 heavy (non-hydrogen) atoms. The Morgan fingerprint density at radius 2 is 0.677 bits per heavy atom. The van der Waals surface area contributed by atoms with Gasteiger partial charge >= 0.3 is 0 Å². The summed E-state index contributed by atoms with van der Waals surface area (Å²) in [6, 6.07) is 0. The second-order valence-electron chi connectivity index (χ2n) is 9.81. The van der Waals surface area contributed by atoms with Crippen LogP contribution in [0.25, 0.3) is 0 Å². The van der Waals surface area contributed by atoms with Gasteiger partial charge in [-0.3, -0.25) is 4.79 Å². The first-order valence-electron chi connectivity index (χ1n) is 14.5. The fourth-order valence-electron chi connectivity index (χ4n) is 4.52. The lowest BCUT2D eigenvalue weighted by Gasteiger charge is -2.22. The van der Waals surface area contributed by atoms with Crippen LogP contribution in [-0.2, 0) is 4.79 Å². The molecule has 0 fully saturated rings. The highest BCUT2D eigenvalue weighted by Crippen LogP contribution is 2.14. The SMILES string of the molecule is CCCCCCCCCCCCCCN(CCCCCCCCCCCC)C(=O)CC. The largest absolute Gasteiger partial charge is 0.343 e. The third-order valence-corrected chi connectivity index (χ3v) is 6.72. The van der Waals surface area contributed by atoms with Crippen LogP contribution in [0.4, 0.5) is 0 Å². The van der Waals surface area contributed by atoms with Crippen molar-refractivity contribution >= 4 is 5.91 Å². The Labute approximate surface area is 197 Å². The van der Waals surface area contributed by atoms with Gasteiger partial charge in [-0.05, 0) is 12.8 Å². The van der Waals surface area contributed by atoms with E-state index in [0.717, 1.165) is 13.1 Å². The summed E-state index contributed by atoms with van der Waals surface area (Å²) in [7, 11) is 0. The average molecular weight is 438 g/mol. The monoisotopic (exact) mass is 437 g/mol. The minimum absolute atomic E-state index is 0.360. The van der Waals surface area contributed by atoms with Crippen molar-refractivity contribution in [1.82, 2.24) is 4.90 Å². The molecule has 0 saturated carbocycles. The highest BCUT2D eigenvalue weighted by atomic mass is 16.2. The number of amides is 1. The molecule has 2 nitrogen and oxygen atoms in total. The zero-order valence-electron chi connectivity index (χ0n) is 22.0. The molecule has 1 amide bonds. The lowest BCUT2D eigenvalue weighted by molar-refractivity contribution is -0.131. The second-order valence-corrected chi connectivity index (χ2v) is 9.81. The van der Waals surface area contributed by atoms with Crippen molar-refractivity contribution in [3.63, 3.8) is 0 Å². The number of carbonyl (C=O) groups excluding carboxylic acids is 1. The molecule has 0 unspecified atom stereocenters. The van der Waals surface area contributed by atoms with Gasteiger partial charge in [-0.1, -0.05) is 149 Å². The quantitative estimate of drug-likeness (QED) is 0.130. The van der Waals surface area contributed by atoms with Gasteiger partial charge in [0.05, 0.1) is 0 Å². The average Bonchev–Trinajstić information content (AvgIpc) is 2.79. The maximum absolute atomic E-state index is 12.3. The lowest BCUT2D eigenvalue weighted by Crippen LogP contribution is -2.32. The highest BCUT2D eigenvalue weighted by Gasteiger charge is 2.10. The van der Waals surface area contributed by atoms with Gasteiger partial charge in [0.25, 0.3) is 0 Å². The fourth-order valence-corrected chi connectivity index (χ4v) is 4.52. The summed E-state index contributed by atoms with van der Waals surface area (Å²) in [6.45, 7) is 8.55. The van der Waals surface area contributed by atoms with Crippen molar-refractivity contribution in [2.24, 2.45) is 0 Å². The van der Waals surface area contributed by atoms with Crippen LogP contribution in [0, 0.1) is 0 Å². The van der Waals surface area contributed by atoms with Crippen LogP contribution < -0.4 is 0 Å². The van der Waals surface area contributed by atoms with E-state index >= 15 is 0 Å². The molecule has 0 spiro atoms. The van der Waals surface area contributed by atoms with Gasteiger partial charge in [-0.15, -0.1) is 0 Å². The van der Waals surface area contributed by atoms with Crippen LogP contribution in [-0.4, -0.2) is 23.9 Å². The van der Waals surface area contributed by atoms with Gasteiger partial charge in [0.2, 0.25) is 5.91 Å². The highest BCUT2D eigenvalue weighted by molar-refractivity contribution is 5.75. The summed E-state index contributed by atoms with van der Waals surface area (Å²) in [5.74, 6) is 0.360. The lowest BCUT2D eigenvalue weighted by atomic mass is 10.0. The van der Waals surface area contributed by atoms with Crippen LogP contribution >= 0.6 is 0 Å². The summed E-state index contributed by atoms with van der Waals surface area (Å²) in [5.41, 5.74) is 0. The van der Waals surface area contributed by atoms with Crippen LogP contribution in [0.3, 0.4) is 0 Å². The molecule has 0 aromatic carbocycles. The molecular formula is C29H59NO. The van der Waals surface area contributed by atoms with Crippen molar-refractivity contribution in [3.8, 4) is 0 Å². The van der Waals surface area contributed by atoms with Crippen LogP contribution in [0.15, 0.2) is 0 Å². The minimum Gasteiger partial charge on any atom is -0.343 e. The van der Waals surface area contributed by atoms with Crippen molar-refractivity contribution in [2.75, 3.05) is 13.1 Å². The molecule has 0 radical (unpaired) electrons. The van der Waals surface area contributed by atoms with Crippen molar-refractivity contribution in [2.45, 2.75) is 168 Å². The van der Waals surface area contributed by atoms with E-state index in [4.69, 9.17) is 0 Å². The van der Waals surface area contributed by atoms with E-state index < -0.39 is 0 Å². The van der Waals surface area contributed by atoms with Crippen LogP contribution in [0.5, 0.6) is 0 Å². The molecule has 0 atom stereocenters. The maximum atomic E-state index is 12.3. The number of nitrogens with zero attached hydrogens (tertiary/aromatic N) is 1. The number of hydrogen-bond acceptors (Lipinski definition) is 1. The number of hydrogen-bond donors (Lipinski definition) is 0. The number of carbonyl (C=O) groups is 1. The van der Waals surface area contributed by atoms with Gasteiger partial charge in [-0.2, -0.15) is 0 Å². The predicted molar refractivity (Wildman–Crippen MR) is 140 cm³/mol. The summed E-state index contributed by atoms with van der Waals surface area (Å²) < 4.78 is 0. The smallest absolute Gasteiger partial charge is 0.222 e. The Kier molecular flexibility index (Phi) is 25.3. The van der Waals surface area contributed by atoms with Crippen LogP contribution in [0.1, 0.15) is 168 Å². The summed E-state index contributed by atoms with van der Waals surface area (Å²) >= 11 is 0. The maximum Gasteiger partial charge on any atom is 0.222 e. The third kappa shape index (κ3) is 22.5. The second kappa shape index (κ2) is 25.7. The molecule has 0 rings (SSSR count). The molecule has 0 aliphatic heterocycles. The van der Waals surface area contributed by atoms with E-state index in [2.05, 4.69) is 18.7 Å². The molecule has 0 aromatic rings. The van der Waals surface area contributed by atoms with E-state index in [0.29, 0.717) is 12.3 Å². The predicted octanol–water partition coefficient (Wildman–Crippen LogP) is 9.85. The van der Waals surface area contributed by atoms with Gasteiger partial charge in [-0.25, -0.2) is 0 Å². The van der Waals surface area contributed by atoms with E-state index in [-0.39, 0.29) is 0 Å². The Morgan fingerprint density at radius 3 is 0.935 bits per heavy atom. The Bertz CT molecular complexity index is 355. The van der Waals surface area contributed by atoms with Gasteiger partial charge in [0, 0.05) is 19.5 Å². The normalized spacial score (nSPS) is 11.2. The van der Waals surface area contributed by atoms with Crippen molar-refractivity contribution < 1.29 is 4.79 Å². The molecular weight excluding hydrogens is 378 g/mol. The number of unbranched alkanes of at least 4 members (excludes halogenated alkanes) is 20. The minimum atomic E-state index is 0.360. The Balaban J connectivity index is 3.56. The molecule has 0 aliphatic rings. The molecule has 0 heterocycles. The molecule has 0 N–H and O–H groups in total. The topological polar surface area (TPSA) is 20.3 Å². The van der Waals surface area contributed by atoms with E-state index in [9.17, 15) is 4.79 Å². The van der Waals surface area contributed by atoms with Crippen molar-refractivity contribution in [3.05, 3.63) is 0 Å². The molecule has 2 heteroatoms. The summed E-state index contributed by atoms with van der Waals surface area (Å²) in [6.07, 6.45) is 30.8. The first-order valence-corrected chi connectivity index (χ1v) is 14.5. The molecule has 0 bridgehead atoms. The first-order chi connectivity index (χ1) is 15.3. The van der Waals surface area contributed by atoms with E-state index in [1.54, 1.807) is 0 Å². The molecule has 186 valence electrons. The molecule has 0 aliphatic carbocycles. The standard InChI is InChI=1S/C29H59NO/c1-4-7-9-11-13-15-17-18-20-22-24-26-28-30(29(31)6-3)27-25-23-21-19-16-14-12-10-8-5-2/h4-28H2,1-3H3.